The third-order valence-corrected chi connectivity index (χ3v) is 11.2. The van der Waals surface area contributed by atoms with Gasteiger partial charge in [-0.1, -0.05) is 94.2 Å². The van der Waals surface area contributed by atoms with E-state index in [0.29, 0.717) is 11.3 Å². The number of carbonyl (C=O) groups excluding carboxylic acids is 4. The molecular formula is C32H27Br2NO6. The first-order chi connectivity index (χ1) is 19.6. The topological polar surface area (TPSA) is 90.0 Å². The van der Waals surface area contributed by atoms with Crippen molar-refractivity contribution in [2.45, 2.75) is 28.5 Å². The van der Waals surface area contributed by atoms with Gasteiger partial charge in [-0.2, -0.15) is 0 Å². The molecule has 41 heavy (non-hydrogen) atoms. The molecule has 0 saturated carbocycles. The molecular weight excluding hydrogens is 654 g/mol. The molecule has 3 aliphatic carbocycles. The second-order valence-electron chi connectivity index (χ2n) is 11.0. The third kappa shape index (κ3) is 3.81. The quantitative estimate of drug-likeness (QED) is 0.145. The number of imide groups is 1. The maximum Gasteiger partial charge on any atom is 0.330 e. The largest absolute Gasteiger partial charge is 0.497 e. The standard InChI is InChI=1S/C32H27Br2NO6/c1-17(2)27(30(39)41-16-24(36)18-12-14-19(40-3)15-13-18)35-28(37)25-26(29(35)38)32(34)21-9-5-4-8-20(21)31(25,33)22-10-6-7-11-23(22)32/h4-15,17,25-27H,16H2,1-3H3/t25-,26+,27-,31?,32?/m0/s1. The van der Waals surface area contributed by atoms with Gasteiger partial charge in [0.2, 0.25) is 11.8 Å². The minimum Gasteiger partial charge on any atom is -0.497 e. The highest BCUT2D eigenvalue weighted by atomic mass is 79.9. The van der Waals surface area contributed by atoms with Gasteiger partial charge < -0.3 is 9.47 Å². The summed E-state index contributed by atoms with van der Waals surface area (Å²) in [5.41, 5.74) is 4.00. The number of amides is 2. The number of esters is 1. The first-order valence-electron chi connectivity index (χ1n) is 13.3. The van der Waals surface area contributed by atoms with E-state index >= 15 is 0 Å². The normalized spacial score (nSPS) is 26.3. The van der Waals surface area contributed by atoms with Gasteiger partial charge in [-0.3, -0.25) is 19.3 Å². The number of carbonyl (C=O) groups is 4. The molecule has 0 N–H and O–H groups in total. The number of rotatable bonds is 7. The van der Waals surface area contributed by atoms with Gasteiger partial charge in [-0.15, -0.1) is 0 Å². The fraction of sp³-hybridized carbons (Fsp3) is 0.312. The Morgan fingerprint density at radius 1 is 0.805 bits per heavy atom. The third-order valence-electron chi connectivity index (χ3n) is 8.53. The smallest absolute Gasteiger partial charge is 0.330 e. The molecule has 7 nitrogen and oxygen atoms in total. The SMILES string of the molecule is COc1ccc(C(=O)COC(=O)[C@H](C(C)C)N2C(=O)[C@@H]3[C@H](C2=O)C2(Br)c4ccccc4C3(Br)c3ccccc32)cc1. The molecule has 2 amide bonds. The Bertz CT molecular complexity index is 1480. The number of Topliss-reactive ketones (excluding diaryl/α,β-unsaturated/α-hetero) is 1. The molecule has 1 fully saturated rings. The Hall–Kier alpha value is -3.30. The molecule has 1 heterocycles. The number of ether oxygens (including phenoxy) is 2. The molecule has 0 spiro atoms. The van der Waals surface area contributed by atoms with E-state index in [-0.39, 0.29) is 0 Å². The molecule has 210 valence electrons. The second kappa shape index (κ2) is 9.91. The Morgan fingerprint density at radius 3 is 1.63 bits per heavy atom. The molecule has 9 heteroatoms. The van der Waals surface area contributed by atoms with Crippen molar-refractivity contribution in [3.63, 3.8) is 0 Å². The molecule has 4 aliphatic rings. The summed E-state index contributed by atoms with van der Waals surface area (Å²) in [5.74, 6) is -3.53. The van der Waals surface area contributed by atoms with E-state index in [1.807, 2.05) is 48.5 Å². The van der Waals surface area contributed by atoms with Crippen molar-refractivity contribution in [2.24, 2.45) is 17.8 Å². The highest BCUT2D eigenvalue weighted by Crippen LogP contribution is 2.70. The van der Waals surface area contributed by atoms with Crippen LogP contribution >= 0.6 is 31.9 Å². The predicted octanol–water partition coefficient (Wildman–Crippen LogP) is 5.35. The first-order valence-corrected chi connectivity index (χ1v) is 14.9. The lowest BCUT2D eigenvalue weighted by atomic mass is 9.54. The summed E-state index contributed by atoms with van der Waals surface area (Å²) < 4.78 is 8.66. The maximum absolute atomic E-state index is 14.3. The summed E-state index contributed by atoms with van der Waals surface area (Å²) >= 11 is 7.95. The molecule has 0 unspecified atom stereocenters. The van der Waals surface area contributed by atoms with Gasteiger partial charge in [-0.25, -0.2) is 4.79 Å². The van der Waals surface area contributed by atoms with Crippen LogP contribution in [0.15, 0.2) is 72.8 Å². The van der Waals surface area contributed by atoms with E-state index in [1.54, 1.807) is 38.1 Å². The number of likely N-dealkylation sites (tertiary alicyclic amines) is 1. The van der Waals surface area contributed by atoms with E-state index in [2.05, 4.69) is 31.9 Å². The van der Waals surface area contributed by atoms with E-state index in [4.69, 9.17) is 9.47 Å². The maximum atomic E-state index is 14.3. The van der Waals surface area contributed by atoms with Crippen LogP contribution < -0.4 is 4.74 Å². The average molecular weight is 681 g/mol. The molecule has 7 rings (SSSR count). The number of alkyl halides is 2. The van der Waals surface area contributed by atoms with Crippen molar-refractivity contribution in [1.29, 1.82) is 0 Å². The highest BCUT2D eigenvalue weighted by molar-refractivity contribution is 9.10. The molecule has 0 radical (unpaired) electrons. The van der Waals surface area contributed by atoms with Gasteiger partial charge in [0.25, 0.3) is 0 Å². The van der Waals surface area contributed by atoms with Crippen LogP contribution in [0.2, 0.25) is 0 Å². The van der Waals surface area contributed by atoms with Crippen molar-refractivity contribution in [1.82, 2.24) is 4.90 Å². The molecule has 3 atom stereocenters. The number of ketones is 1. The van der Waals surface area contributed by atoms with Crippen LogP contribution in [-0.2, 0) is 27.8 Å². The molecule has 1 saturated heterocycles. The lowest BCUT2D eigenvalue weighted by Crippen LogP contribution is -2.56. The molecule has 3 aromatic carbocycles. The molecule has 3 aromatic rings. The van der Waals surface area contributed by atoms with Crippen LogP contribution in [0, 0.1) is 17.8 Å². The summed E-state index contributed by atoms with van der Waals surface area (Å²) in [5, 5.41) is 0. The number of hydrogen-bond acceptors (Lipinski definition) is 6. The van der Waals surface area contributed by atoms with Gasteiger partial charge in [-0.05, 0) is 52.4 Å². The van der Waals surface area contributed by atoms with Crippen LogP contribution in [-0.4, -0.2) is 48.2 Å². The van der Waals surface area contributed by atoms with Gasteiger partial charge in [0, 0.05) is 5.56 Å². The Kier molecular flexibility index (Phi) is 6.73. The number of halogens is 2. The summed E-state index contributed by atoms with van der Waals surface area (Å²) in [6, 6.07) is 20.9. The minimum atomic E-state index is -1.19. The Morgan fingerprint density at radius 2 is 1.24 bits per heavy atom. The highest BCUT2D eigenvalue weighted by Gasteiger charge is 2.73. The van der Waals surface area contributed by atoms with Crippen LogP contribution in [0.5, 0.6) is 5.75 Å². The number of benzene rings is 3. The van der Waals surface area contributed by atoms with Crippen molar-refractivity contribution in [3.8, 4) is 5.75 Å². The van der Waals surface area contributed by atoms with E-state index < -0.39 is 62.6 Å². The first kappa shape index (κ1) is 27.8. The van der Waals surface area contributed by atoms with Crippen LogP contribution in [0.4, 0.5) is 0 Å². The molecule has 1 aliphatic heterocycles. The summed E-state index contributed by atoms with van der Waals surface area (Å²) in [6.07, 6.45) is 0. The fourth-order valence-corrected chi connectivity index (χ4v) is 9.02. The zero-order valence-corrected chi connectivity index (χ0v) is 25.8. The monoisotopic (exact) mass is 679 g/mol. The van der Waals surface area contributed by atoms with Gasteiger partial charge in [0.1, 0.15) is 11.8 Å². The van der Waals surface area contributed by atoms with E-state index in [0.717, 1.165) is 27.2 Å². The van der Waals surface area contributed by atoms with Crippen LogP contribution in [0.3, 0.4) is 0 Å². The van der Waals surface area contributed by atoms with E-state index in [9.17, 15) is 19.2 Å². The molecule has 2 bridgehead atoms. The fourth-order valence-electron chi connectivity index (χ4n) is 6.72. The van der Waals surface area contributed by atoms with E-state index in [1.165, 1.54) is 7.11 Å². The van der Waals surface area contributed by atoms with Gasteiger partial charge in [0.15, 0.2) is 12.4 Å². The van der Waals surface area contributed by atoms with Crippen molar-refractivity contribution in [3.05, 3.63) is 101 Å². The number of nitrogens with zero attached hydrogens (tertiary/aromatic N) is 1. The summed E-state index contributed by atoms with van der Waals surface area (Å²) in [7, 11) is 1.53. The lowest BCUT2D eigenvalue weighted by Gasteiger charge is -2.55. The van der Waals surface area contributed by atoms with Crippen LogP contribution in [0.25, 0.3) is 0 Å². The zero-order valence-electron chi connectivity index (χ0n) is 22.6. The molecule has 0 aromatic heterocycles. The predicted molar refractivity (Wildman–Crippen MR) is 158 cm³/mol. The average Bonchev–Trinajstić information content (AvgIpc) is 3.25. The zero-order chi connectivity index (χ0) is 29.3. The van der Waals surface area contributed by atoms with Crippen molar-refractivity contribution >= 4 is 55.4 Å². The second-order valence-corrected chi connectivity index (χ2v) is 13.5. The lowest BCUT2D eigenvalue weighted by molar-refractivity contribution is -0.160. The van der Waals surface area contributed by atoms with Crippen LogP contribution in [0.1, 0.15) is 46.5 Å². The van der Waals surface area contributed by atoms with Gasteiger partial charge >= 0.3 is 5.97 Å². The van der Waals surface area contributed by atoms with Crippen molar-refractivity contribution in [2.75, 3.05) is 13.7 Å². The summed E-state index contributed by atoms with van der Waals surface area (Å²) in [6.45, 7) is 3.00. The Labute approximate surface area is 254 Å². The number of hydrogen-bond donors (Lipinski definition) is 0. The van der Waals surface area contributed by atoms with Crippen molar-refractivity contribution < 1.29 is 28.7 Å². The van der Waals surface area contributed by atoms with Gasteiger partial charge in [0.05, 0.1) is 27.6 Å². The Balaban J connectivity index is 1.35. The minimum absolute atomic E-state index is 0.355. The summed E-state index contributed by atoms with van der Waals surface area (Å²) in [4.78, 5) is 56.0. The number of methoxy groups -OCH3 is 1.